The number of halogens is 4. The molecule has 1 N–H and O–H groups in total. The fourth-order valence-corrected chi connectivity index (χ4v) is 1.56. The largest absolute Gasteiger partial charge is 0.416 e. The Morgan fingerprint density at radius 2 is 2.06 bits per heavy atom. The zero-order valence-corrected chi connectivity index (χ0v) is 8.63. The highest BCUT2D eigenvalue weighted by molar-refractivity contribution is 6.29. The van der Waals surface area contributed by atoms with Crippen molar-refractivity contribution in [3.8, 4) is 0 Å². The van der Waals surface area contributed by atoms with E-state index in [9.17, 15) is 23.3 Å². The number of non-ortho nitro benzene ring substituents is 1. The first kappa shape index (κ1) is 11.6. The van der Waals surface area contributed by atoms with Crippen molar-refractivity contribution in [1.29, 1.82) is 0 Å². The topological polar surface area (TPSA) is 71.8 Å². The number of nitro groups is 1. The van der Waals surface area contributed by atoms with Crippen LogP contribution in [0.5, 0.6) is 0 Å². The fourth-order valence-electron chi connectivity index (χ4n) is 1.37. The SMILES string of the molecule is O=[N+]([O-])c1cc(C(F)(F)F)cc2[nH]c(Cl)nc12. The Labute approximate surface area is 96.4 Å². The van der Waals surface area contributed by atoms with Crippen molar-refractivity contribution in [2.45, 2.75) is 6.18 Å². The molecule has 0 unspecified atom stereocenters. The molecule has 0 fully saturated rings. The van der Waals surface area contributed by atoms with E-state index in [-0.39, 0.29) is 16.3 Å². The van der Waals surface area contributed by atoms with Crippen LogP contribution in [0.1, 0.15) is 5.56 Å². The molecule has 1 aromatic carbocycles. The Morgan fingerprint density at radius 3 is 2.59 bits per heavy atom. The van der Waals surface area contributed by atoms with Gasteiger partial charge in [0.05, 0.1) is 16.0 Å². The molecule has 1 aromatic heterocycles. The summed E-state index contributed by atoms with van der Waals surface area (Å²) in [6.07, 6.45) is -4.67. The van der Waals surface area contributed by atoms with Crippen molar-refractivity contribution in [2.24, 2.45) is 0 Å². The molecule has 5 nitrogen and oxygen atoms in total. The number of hydrogen-bond acceptors (Lipinski definition) is 3. The molecule has 0 saturated heterocycles. The highest BCUT2D eigenvalue weighted by Gasteiger charge is 2.34. The van der Waals surface area contributed by atoms with Gasteiger partial charge in [-0.1, -0.05) is 0 Å². The van der Waals surface area contributed by atoms with E-state index in [1.54, 1.807) is 0 Å². The highest BCUT2D eigenvalue weighted by Crippen LogP contribution is 2.35. The highest BCUT2D eigenvalue weighted by atomic mass is 35.5. The number of fused-ring (bicyclic) bond motifs is 1. The molecule has 2 aromatic rings. The number of nitro benzene ring substituents is 1. The molecule has 0 bridgehead atoms. The van der Waals surface area contributed by atoms with Gasteiger partial charge in [0.25, 0.3) is 5.69 Å². The minimum atomic E-state index is -4.67. The van der Waals surface area contributed by atoms with Gasteiger partial charge in [0.15, 0.2) is 5.52 Å². The summed E-state index contributed by atoms with van der Waals surface area (Å²) in [6, 6.07) is 1.15. The van der Waals surface area contributed by atoms with E-state index in [0.29, 0.717) is 6.07 Å². The molecule has 0 aliphatic rings. The van der Waals surface area contributed by atoms with Gasteiger partial charge in [-0.3, -0.25) is 10.1 Å². The molecule has 9 heteroatoms. The van der Waals surface area contributed by atoms with Crippen LogP contribution in [0.3, 0.4) is 0 Å². The number of hydrogen-bond donors (Lipinski definition) is 1. The number of aromatic amines is 1. The van der Waals surface area contributed by atoms with Gasteiger partial charge in [0, 0.05) is 6.07 Å². The van der Waals surface area contributed by atoms with Crippen LogP contribution < -0.4 is 0 Å². The summed E-state index contributed by atoms with van der Waals surface area (Å²) >= 11 is 5.46. The summed E-state index contributed by atoms with van der Waals surface area (Å²) in [5, 5.41) is 10.4. The van der Waals surface area contributed by atoms with Crippen molar-refractivity contribution in [3.05, 3.63) is 33.1 Å². The monoisotopic (exact) mass is 265 g/mol. The Hall–Kier alpha value is -1.83. The predicted molar refractivity (Wildman–Crippen MR) is 52.8 cm³/mol. The number of aromatic nitrogens is 2. The second-order valence-electron chi connectivity index (χ2n) is 3.17. The molecule has 0 amide bonds. The molecule has 0 radical (unpaired) electrons. The summed E-state index contributed by atoms with van der Waals surface area (Å²) in [6.45, 7) is 0. The van der Waals surface area contributed by atoms with Crippen LogP contribution in [0.25, 0.3) is 11.0 Å². The standard InChI is InChI=1S/C8H3ClF3N3O2/c9-7-13-4-1-3(8(10,11)12)2-5(15(16)17)6(4)14-7/h1-2H,(H,13,14). The van der Waals surface area contributed by atoms with E-state index < -0.39 is 22.4 Å². The van der Waals surface area contributed by atoms with Crippen LogP contribution in [0, 0.1) is 10.1 Å². The number of benzene rings is 1. The van der Waals surface area contributed by atoms with Crippen LogP contribution in [0.15, 0.2) is 12.1 Å². The average molecular weight is 266 g/mol. The molecule has 0 saturated carbocycles. The Morgan fingerprint density at radius 1 is 1.41 bits per heavy atom. The van der Waals surface area contributed by atoms with E-state index in [1.807, 2.05) is 0 Å². The molecular weight excluding hydrogens is 263 g/mol. The third-order valence-electron chi connectivity index (χ3n) is 2.06. The maximum absolute atomic E-state index is 12.5. The van der Waals surface area contributed by atoms with Gasteiger partial charge in [-0.15, -0.1) is 0 Å². The lowest BCUT2D eigenvalue weighted by Crippen LogP contribution is -2.05. The smallest absolute Gasteiger partial charge is 0.328 e. The molecule has 0 aliphatic heterocycles. The van der Waals surface area contributed by atoms with Crippen LogP contribution in [0.4, 0.5) is 18.9 Å². The number of nitrogens with one attached hydrogen (secondary N) is 1. The lowest BCUT2D eigenvalue weighted by Gasteiger charge is -2.05. The van der Waals surface area contributed by atoms with Crippen LogP contribution in [0.2, 0.25) is 5.28 Å². The van der Waals surface area contributed by atoms with E-state index in [1.165, 1.54) is 0 Å². The summed E-state index contributed by atoms with van der Waals surface area (Å²) in [5.74, 6) is 0. The molecule has 90 valence electrons. The van der Waals surface area contributed by atoms with Crippen molar-refractivity contribution >= 4 is 28.3 Å². The van der Waals surface area contributed by atoms with Gasteiger partial charge in [0.2, 0.25) is 5.28 Å². The third-order valence-corrected chi connectivity index (χ3v) is 2.24. The van der Waals surface area contributed by atoms with Gasteiger partial charge in [-0.2, -0.15) is 13.2 Å². The van der Waals surface area contributed by atoms with Crippen molar-refractivity contribution in [1.82, 2.24) is 9.97 Å². The Kier molecular flexibility index (Phi) is 2.46. The zero-order chi connectivity index (χ0) is 12.8. The van der Waals surface area contributed by atoms with Crippen LogP contribution >= 0.6 is 11.6 Å². The van der Waals surface area contributed by atoms with Crippen molar-refractivity contribution < 1.29 is 18.1 Å². The van der Waals surface area contributed by atoms with Gasteiger partial charge in [-0.05, 0) is 17.7 Å². The molecule has 2 rings (SSSR count). The van der Waals surface area contributed by atoms with Crippen molar-refractivity contribution in [3.63, 3.8) is 0 Å². The van der Waals surface area contributed by atoms with Crippen LogP contribution in [-0.4, -0.2) is 14.9 Å². The first-order valence-electron chi connectivity index (χ1n) is 4.20. The number of rotatable bonds is 1. The molecule has 0 spiro atoms. The number of imidazole rings is 1. The maximum atomic E-state index is 12.5. The van der Waals surface area contributed by atoms with Gasteiger partial charge >= 0.3 is 6.18 Å². The summed E-state index contributed by atoms with van der Waals surface area (Å²) in [4.78, 5) is 15.6. The van der Waals surface area contributed by atoms with Crippen LogP contribution in [-0.2, 0) is 6.18 Å². The minimum Gasteiger partial charge on any atom is -0.328 e. The minimum absolute atomic E-state index is 0.128. The van der Waals surface area contributed by atoms with Crippen molar-refractivity contribution in [2.75, 3.05) is 0 Å². The number of alkyl halides is 3. The molecule has 0 atom stereocenters. The Bertz CT molecular complexity index is 608. The molecular formula is C8H3ClF3N3O2. The normalized spacial score (nSPS) is 12.0. The summed E-state index contributed by atoms with van der Waals surface area (Å²) < 4.78 is 37.4. The second kappa shape index (κ2) is 3.59. The maximum Gasteiger partial charge on any atom is 0.416 e. The first-order valence-corrected chi connectivity index (χ1v) is 4.57. The predicted octanol–water partition coefficient (Wildman–Crippen LogP) is 3.14. The lowest BCUT2D eigenvalue weighted by molar-refractivity contribution is -0.383. The Balaban J connectivity index is 2.80. The quantitative estimate of drug-likeness (QED) is 0.636. The zero-order valence-electron chi connectivity index (χ0n) is 7.88. The molecule has 17 heavy (non-hydrogen) atoms. The number of H-pyrrole nitrogens is 1. The molecule has 0 aliphatic carbocycles. The van der Waals surface area contributed by atoms with E-state index >= 15 is 0 Å². The summed E-state index contributed by atoms with van der Waals surface area (Å²) in [5.41, 5.74) is -2.19. The average Bonchev–Trinajstić information content (AvgIpc) is 2.54. The number of nitrogens with zero attached hydrogens (tertiary/aromatic N) is 2. The second-order valence-corrected chi connectivity index (χ2v) is 3.53. The lowest BCUT2D eigenvalue weighted by atomic mass is 10.1. The van der Waals surface area contributed by atoms with E-state index in [4.69, 9.17) is 11.6 Å². The van der Waals surface area contributed by atoms with Gasteiger partial charge in [0.1, 0.15) is 0 Å². The molecule has 1 heterocycles. The summed E-state index contributed by atoms with van der Waals surface area (Å²) in [7, 11) is 0. The first-order chi connectivity index (χ1) is 7.79. The fraction of sp³-hybridized carbons (Fsp3) is 0.125. The van der Waals surface area contributed by atoms with Gasteiger partial charge in [-0.25, -0.2) is 4.98 Å². The van der Waals surface area contributed by atoms with Gasteiger partial charge < -0.3 is 4.98 Å². The van der Waals surface area contributed by atoms with E-state index in [0.717, 1.165) is 6.07 Å². The van der Waals surface area contributed by atoms with E-state index in [2.05, 4.69) is 9.97 Å². The third kappa shape index (κ3) is 2.03.